The van der Waals surface area contributed by atoms with E-state index in [2.05, 4.69) is 56.9 Å². The summed E-state index contributed by atoms with van der Waals surface area (Å²) in [6.07, 6.45) is 10.2. The van der Waals surface area contributed by atoms with Crippen LogP contribution in [0.4, 0.5) is 0 Å². The monoisotopic (exact) mass is 515 g/mol. The van der Waals surface area contributed by atoms with Crippen molar-refractivity contribution in [2.75, 3.05) is 13.1 Å². The van der Waals surface area contributed by atoms with Crippen LogP contribution in [0.1, 0.15) is 18.1 Å². The fourth-order valence-electron chi connectivity index (χ4n) is 3.26. The van der Waals surface area contributed by atoms with Gasteiger partial charge in [0.2, 0.25) is 0 Å². The number of para-hydroxylation sites is 1. The third kappa shape index (κ3) is 5.38. The molecule has 0 aliphatic rings. The quantitative estimate of drug-likeness (QED) is 0.199. The van der Waals surface area contributed by atoms with Crippen molar-refractivity contribution < 1.29 is 0 Å². The average Bonchev–Trinajstić information content (AvgIpc) is 3.43. The fourth-order valence-corrected chi connectivity index (χ4v) is 3.26. The Hall–Kier alpha value is -2.88. The maximum Gasteiger partial charge on any atom is 0.191 e. The van der Waals surface area contributed by atoms with E-state index < -0.39 is 0 Å². The standard InChI is InChI=1S/C22H25N7.HI/c1-2-24-22(26-10-8-18-15-27-20-6-4-3-5-19(18)20)28-14-17-7-9-25-21(13-17)29-12-11-23-16-29;/h3-7,9,11-13,15-16,27H,2,8,10,14H2,1H3,(H2,24,26,28);1H. The maximum absolute atomic E-state index is 4.72. The number of guanidine groups is 1. The van der Waals surface area contributed by atoms with Crippen molar-refractivity contribution in [3.63, 3.8) is 0 Å². The van der Waals surface area contributed by atoms with Gasteiger partial charge in [-0.25, -0.2) is 15.0 Å². The van der Waals surface area contributed by atoms with Crippen molar-refractivity contribution in [2.24, 2.45) is 4.99 Å². The molecule has 0 bridgehead atoms. The average molecular weight is 515 g/mol. The van der Waals surface area contributed by atoms with Gasteiger partial charge in [0.1, 0.15) is 12.1 Å². The van der Waals surface area contributed by atoms with Gasteiger partial charge in [0.25, 0.3) is 0 Å². The van der Waals surface area contributed by atoms with Gasteiger partial charge in [0.05, 0.1) is 6.54 Å². The molecule has 7 nitrogen and oxygen atoms in total. The molecule has 1 aromatic carbocycles. The molecular formula is C22H26IN7. The first-order chi connectivity index (χ1) is 14.3. The molecule has 3 N–H and O–H groups in total. The second kappa shape index (κ2) is 10.8. The van der Waals surface area contributed by atoms with E-state index in [1.165, 1.54) is 16.5 Å². The SMILES string of the molecule is CCNC(=NCc1ccnc(-n2ccnc2)c1)NCCc1c[nH]c2ccccc12.I. The Morgan fingerprint density at radius 1 is 1.17 bits per heavy atom. The Kier molecular flexibility index (Phi) is 7.83. The Labute approximate surface area is 193 Å². The lowest BCUT2D eigenvalue weighted by molar-refractivity contribution is 0.801. The largest absolute Gasteiger partial charge is 0.361 e. The minimum atomic E-state index is 0. The molecule has 156 valence electrons. The summed E-state index contributed by atoms with van der Waals surface area (Å²) in [5, 5.41) is 8.02. The van der Waals surface area contributed by atoms with Gasteiger partial charge >= 0.3 is 0 Å². The maximum atomic E-state index is 4.72. The summed E-state index contributed by atoms with van der Waals surface area (Å²) in [5.74, 6) is 1.65. The highest BCUT2D eigenvalue weighted by Crippen LogP contribution is 2.17. The molecule has 0 fully saturated rings. The lowest BCUT2D eigenvalue weighted by Crippen LogP contribution is -2.38. The van der Waals surface area contributed by atoms with E-state index in [9.17, 15) is 0 Å². The molecule has 0 saturated heterocycles. The normalized spacial score (nSPS) is 11.3. The first-order valence-electron chi connectivity index (χ1n) is 9.84. The zero-order valence-corrected chi connectivity index (χ0v) is 19.2. The van der Waals surface area contributed by atoms with Gasteiger partial charge in [-0.1, -0.05) is 18.2 Å². The van der Waals surface area contributed by atoms with Crippen LogP contribution in [-0.2, 0) is 13.0 Å². The number of H-pyrrole nitrogens is 1. The van der Waals surface area contributed by atoms with Gasteiger partial charge in [-0.05, 0) is 42.7 Å². The molecule has 0 radical (unpaired) electrons. The lowest BCUT2D eigenvalue weighted by atomic mass is 10.1. The summed E-state index contributed by atoms with van der Waals surface area (Å²) in [5.41, 5.74) is 3.58. The minimum absolute atomic E-state index is 0. The van der Waals surface area contributed by atoms with Crippen LogP contribution >= 0.6 is 24.0 Å². The summed E-state index contributed by atoms with van der Waals surface area (Å²) in [6.45, 7) is 4.27. The number of hydrogen-bond donors (Lipinski definition) is 3. The number of fused-ring (bicyclic) bond motifs is 1. The van der Waals surface area contributed by atoms with Crippen LogP contribution in [0.25, 0.3) is 16.7 Å². The number of imidazole rings is 1. The molecular weight excluding hydrogens is 489 g/mol. The topological polar surface area (TPSA) is 82.9 Å². The molecule has 4 aromatic rings. The molecule has 0 unspecified atom stereocenters. The van der Waals surface area contributed by atoms with Gasteiger partial charge in [-0.3, -0.25) is 4.57 Å². The van der Waals surface area contributed by atoms with Crippen LogP contribution in [0.15, 0.2) is 72.5 Å². The molecule has 8 heteroatoms. The number of aliphatic imine (C=N–C) groups is 1. The second-order valence-electron chi connectivity index (χ2n) is 6.72. The van der Waals surface area contributed by atoms with E-state index in [0.717, 1.165) is 36.9 Å². The first kappa shape index (κ1) is 21.8. The highest BCUT2D eigenvalue weighted by Gasteiger charge is 2.04. The summed E-state index contributed by atoms with van der Waals surface area (Å²) in [6, 6.07) is 12.4. The van der Waals surface area contributed by atoms with Gasteiger partial charge in [0, 0.05) is 48.8 Å². The molecule has 3 aromatic heterocycles. The van der Waals surface area contributed by atoms with Crippen molar-refractivity contribution in [1.29, 1.82) is 0 Å². The lowest BCUT2D eigenvalue weighted by Gasteiger charge is -2.11. The number of benzene rings is 1. The Morgan fingerprint density at radius 3 is 2.90 bits per heavy atom. The molecule has 0 spiro atoms. The first-order valence-corrected chi connectivity index (χ1v) is 9.84. The van der Waals surface area contributed by atoms with E-state index in [4.69, 9.17) is 4.99 Å². The number of aromatic amines is 1. The fraction of sp³-hybridized carbons (Fsp3) is 0.227. The molecule has 0 aliphatic heterocycles. The predicted octanol–water partition coefficient (Wildman–Crippen LogP) is 3.66. The molecule has 0 aliphatic carbocycles. The number of nitrogens with zero attached hydrogens (tertiary/aromatic N) is 4. The smallest absolute Gasteiger partial charge is 0.191 e. The summed E-state index contributed by atoms with van der Waals surface area (Å²) in [7, 11) is 0. The zero-order chi connectivity index (χ0) is 19.9. The summed E-state index contributed by atoms with van der Waals surface area (Å²) >= 11 is 0. The number of halogens is 1. The highest BCUT2D eigenvalue weighted by molar-refractivity contribution is 14.0. The van der Waals surface area contributed by atoms with E-state index >= 15 is 0 Å². The van der Waals surface area contributed by atoms with Crippen LogP contribution in [0.2, 0.25) is 0 Å². The van der Waals surface area contributed by atoms with E-state index in [0.29, 0.717) is 6.54 Å². The van der Waals surface area contributed by atoms with Gasteiger partial charge in [-0.15, -0.1) is 24.0 Å². The third-order valence-corrected chi connectivity index (χ3v) is 4.70. The Balaban J connectivity index is 0.00000256. The van der Waals surface area contributed by atoms with E-state index in [1.807, 2.05) is 29.0 Å². The van der Waals surface area contributed by atoms with Crippen molar-refractivity contribution in [3.8, 4) is 5.82 Å². The molecule has 30 heavy (non-hydrogen) atoms. The van der Waals surface area contributed by atoms with E-state index in [-0.39, 0.29) is 24.0 Å². The van der Waals surface area contributed by atoms with E-state index in [1.54, 1.807) is 18.7 Å². The molecule has 0 amide bonds. The number of rotatable bonds is 7. The van der Waals surface area contributed by atoms with Gasteiger partial charge in [0.15, 0.2) is 5.96 Å². The number of aromatic nitrogens is 4. The minimum Gasteiger partial charge on any atom is -0.361 e. The summed E-state index contributed by atoms with van der Waals surface area (Å²) < 4.78 is 1.89. The molecule has 0 saturated carbocycles. The second-order valence-corrected chi connectivity index (χ2v) is 6.72. The van der Waals surface area contributed by atoms with Crippen LogP contribution in [-0.4, -0.2) is 38.6 Å². The van der Waals surface area contributed by atoms with Crippen LogP contribution < -0.4 is 10.6 Å². The summed E-state index contributed by atoms with van der Waals surface area (Å²) in [4.78, 5) is 16.5. The van der Waals surface area contributed by atoms with Gasteiger partial charge < -0.3 is 15.6 Å². The highest BCUT2D eigenvalue weighted by atomic mass is 127. The van der Waals surface area contributed by atoms with Crippen LogP contribution in [0.3, 0.4) is 0 Å². The van der Waals surface area contributed by atoms with Crippen LogP contribution in [0, 0.1) is 0 Å². The van der Waals surface area contributed by atoms with Crippen molar-refractivity contribution in [2.45, 2.75) is 19.9 Å². The van der Waals surface area contributed by atoms with Crippen molar-refractivity contribution in [3.05, 3.63) is 78.6 Å². The third-order valence-electron chi connectivity index (χ3n) is 4.70. The molecule has 3 heterocycles. The molecule has 4 rings (SSSR count). The number of nitrogens with one attached hydrogen (secondary N) is 3. The van der Waals surface area contributed by atoms with Gasteiger partial charge in [-0.2, -0.15) is 0 Å². The number of pyridine rings is 1. The zero-order valence-electron chi connectivity index (χ0n) is 16.9. The molecule has 0 atom stereocenters. The van der Waals surface area contributed by atoms with Crippen LogP contribution in [0.5, 0.6) is 0 Å². The van der Waals surface area contributed by atoms with Crippen molar-refractivity contribution in [1.82, 2.24) is 30.2 Å². The number of hydrogen-bond acceptors (Lipinski definition) is 3. The predicted molar refractivity (Wildman–Crippen MR) is 132 cm³/mol. The Bertz CT molecular complexity index is 1090. The van der Waals surface area contributed by atoms with Crippen molar-refractivity contribution >= 4 is 40.8 Å². The Morgan fingerprint density at radius 2 is 2.07 bits per heavy atom.